The number of hydrogen-bond donors (Lipinski definition) is 0. The van der Waals surface area contributed by atoms with Crippen molar-refractivity contribution < 1.29 is 9.66 Å². The molecule has 0 unspecified atom stereocenters. The molecule has 1 aromatic rings. The molecular formula is C10H12N2O3. The monoisotopic (exact) mass is 208 g/mol. The second-order valence-corrected chi connectivity index (χ2v) is 3.53. The number of benzene rings is 1. The first-order chi connectivity index (χ1) is 7.18. The molecule has 5 nitrogen and oxygen atoms in total. The lowest BCUT2D eigenvalue weighted by atomic mass is 10.2. The molecule has 0 aromatic heterocycles. The molecule has 0 N–H and O–H groups in total. The van der Waals surface area contributed by atoms with Crippen molar-refractivity contribution in [3.8, 4) is 5.75 Å². The van der Waals surface area contributed by atoms with Crippen LogP contribution < -0.4 is 9.64 Å². The molecule has 80 valence electrons. The minimum atomic E-state index is -0.390. The van der Waals surface area contributed by atoms with Gasteiger partial charge in [0.1, 0.15) is 5.75 Å². The van der Waals surface area contributed by atoms with Gasteiger partial charge >= 0.3 is 0 Å². The molecule has 1 heterocycles. The summed E-state index contributed by atoms with van der Waals surface area (Å²) in [4.78, 5) is 12.2. The first-order valence-corrected chi connectivity index (χ1v) is 4.81. The lowest BCUT2D eigenvalue weighted by Crippen LogP contribution is -2.17. The molecule has 1 aromatic carbocycles. The second kappa shape index (κ2) is 3.76. The Morgan fingerprint density at radius 3 is 3.07 bits per heavy atom. The van der Waals surface area contributed by atoms with Gasteiger partial charge in [0, 0.05) is 25.7 Å². The Hall–Kier alpha value is -1.78. The fourth-order valence-corrected chi connectivity index (χ4v) is 1.64. The van der Waals surface area contributed by atoms with Gasteiger partial charge in [-0.2, -0.15) is 0 Å². The first kappa shape index (κ1) is 9.76. The molecule has 0 bridgehead atoms. The summed E-state index contributed by atoms with van der Waals surface area (Å²) in [5.74, 6) is 0.723. The predicted molar refractivity (Wildman–Crippen MR) is 56.5 cm³/mol. The van der Waals surface area contributed by atoms with Crippen molar-refractivity contribution in [3.05, 3.63) is 28.3 Å². The standard InChI is InChI=1S/C10H12N2O3/c1-11-5-2-6-15-10-4-3-8(12(13)14)7-9(10)11/h3-4,7H,2,5-6H2,1H3. The summed E-state index contributed by atoms with van der Waals surface area (Å²) in [7, 11) is 1.91. The summed E-state index contributed by atoms with van der Waals surface area (Å²) in [6.07, 6.45) is 0.930. The number of fused-ring (bicyclic) bond motifs is 1. The third kappa shape index (κ3) is 1.86. The first-order valence-electron chi connectivity index (χ1n) is 4.81. The van der Waals surface area contributed by atoms with Crippen molar-refractivity contribution in [2.45, 2.75) is 6.42 Å². The number of ether oxygens (including phenoxy) is 1. The summed E-state index contributed by atoms with van der Waals surface area (Å²) < 4.78 is 5.49. The Morgan fingerprint density at radius 1 is 1.53 bits per heavy atom. The van der Waals surface area contributed by atoms with Crippen molar-refractivity contribution in [1.82, 2.24) is 0 Å². The van der Waals surface area contributed by atoms with Gasteiger partial charge in [0.15, 0.2) is 0 Å². The minimum absolute atomic E-state index is 0.103. The van der Waals surface area contributed by atoms with Crippen molar-refractivity contribution in [2.75, 3.05) is 25.1 Å². The molecule has 0 amide bonds. The van der Waals surface area contributed by atoms with Gasteiger partial charge in [-0.15, -0.1) is 0 Å². The van der Waals surface area contributed by atoms with E-state index in [1.807, 2.05) is 11.9 Å². The zero-order valence-electron chi connectivity index (χ0n) is 8.47. The molecule has 15 heavy (non-hydrogen) atoms. The summed E-state index contributed by atoms with van der Waals surface area (Å²) in [5, 5.41) is 10.6. The van der Waals surface area contributed by atoms with E-state index in [1.165, 1.54) is 6.07 Å². The summed E-state index contributed by atoms with van der Waals surface area (Å²) >= 11 is 0. The average molecular weight is 208 g/mol. The zero-order valence-corrected chi connectivity index (χ0v) is 8.47. The van der Waals surface area contributed by atoms with Crippen LogP contribution in [0, 0.1) is 10.1 Å². The molecule has 5 heteroatoms. The fraction of sp³-hybridized carbons (Fsp3) is 0.400. The molecule has 0 radical (unpaired) electrons. The van der Waals surface area contributed by atoms with Gasteiger partial charge < -0.3 is 9.64 Å². The molecular weight excluding hydrogens is 196 g/mol. The zero-order chi connectivity index (χ0) is 10.8. The van der Waals surface area contributed by atoms with Gasteiger partial charge in [-0.05, 0) is 12.5 Å². The lowest BCUT2D eigenvalue weighted by molar-refractivity contribution is -0.384. The summed E-state index contributed by atoms with van der Waals surface area (Å²) in [6, 6.07) is 4.69. The van der Waals surface area contributed by atoms with Crippen LogP contribution in [-0.2, 0) is 0 Å². The molecule has 0 spiro atoms. The smallest absolute Gasteiger partial charge is 0.271 e. The number of non-ortho nitro benzene ring substituents is 1. The Morgan fingerprint density at radius 2 is 2.33 bits per heavy atom. The van der Waals surface area contributed by atoms with Crippen LogP contribution >= 0.6 is 0 Å². The van der Waals surface area contributed by atoms with Crippen LogP contribution in [0.3, 0.4) is 0 Å². The van der Waals surface area contributed by atoms with Crippen LogP contribution in [0.2, 0.25) is 0 Å². The van der Waals surface area contributed by atoms with Crippen LogP contribution in [0.15, 0.2) is 18.2 Å². The average Bonchev–Trinajstić information content (AvgIpc) is 2.40. The van der Waals surface area contributed by atoms with E-state index < -0.39 is 0 Å². The van der Waals surface area contributed by atoms with Crippen LogP contribution in [0.4, 0.5) is 11.4 Å². The maximum atomic E-state index is 10.6. The Kier molecular flexibility index (Phi) is 2.45. The Labute approximate surface area is 87.4 Å². The molecule has 0 atom stereocenters. The Bertz CT molecular complexity index is 392. The van der Waals surface area contributed by atoms with E-state index in [0.29, 0.717) is 6.61 Å². The van der Waals surface area contributed by atoms with E-state index in [0.717, 1.165) is 24.4 Å². The summed E-state index contributed by atoms with van der Waals surface area (Å²) in [5.41, 5.74) is 0.896. The van der Waals surface area contributed by atoms with Crippen LogP contribution in [-0.4, -0.2) is 25.1 Å². The minimum Gasteiger partial charge on any atom is -0.491 e. The second-order valence-electron chi connectivity index (χ2n) is 3.53. The van der Waals surface area contributed by atoms with E-state index in [4.69, 9.17) is 4.74 Å². The maximum absolute atomic E-state index is 10.6. The quantitative estimate of drug-likeness (QED) is 0.521. The fourth-order valence-electron chi connectivity index (χ4n) is 1.64. The highest BCUT2D eigenvalue weighted by atomic mass is 16.6. The molecule has 1 aliphatic rings. The Balaban J connectivity index is 2.44. The number of nitro benzene ring substituents is 1. The lowest BCUT2D eigenvalue weighted by Gasteiger charge is -2.17. The van der Waals surface area contributed by atoms with Gasteiger partial charge in [-0.3, -0.25) is 10.1 Å². The molecule has 0 fully saturated rings. The maximum Gasteiger partial charge on any atom is 0.271 e. The number of anilines is 1. The van der Waals surface area contributed by atoms with E-state index >= 15 is 0 Å². The number of hydrogen-bond acceptors (Lipinski definition) is 4. The molecule has 0 saturated carbocycles. The van der Waals surface area contributed by atoms with Crippen LogP contribution in [0.25, 0.3) is 0 Å². The van der Waals surface area contributed by atoms with Gasteiger partial charge in [0.2, 0.25) is 0 Å². The van der Waals surface area contributed by atoms with Crippen molar-refractivity contribution >= 4 is 11.4 Å². The van der Waals surface area contributed by atoms with Gasteiger partial charge in [0.25, 0.3) is 5.69 Å². The van der Waals surface area contributed by atoms with E-state index in [-0.39, 0.29) is 10.6 Å². The molecule has 1 aliphatic heterocycles. The summed E-state index contributed by atoms with van der Waals surface area (Å²) in [6.45, 7) is 1.52. The highest BCUT2D eigenvalue weighted by Crippen LogP contribution is 2.33. The van der Waals surface area contributed by atoms with Gasteiger partial charge in [-0.1, -0.05) is 0 Å². The largest absolute Gasteiger partial charge is 0.491 e. The van der Waals surface area contributed by atoms with E-state index in [9.17, 15) is 10.1 Å². The van der Waals surface area contributed by atoms with Crippen LogP contribution in [0.5, 0.6) is 5.75 Å². The van der Waals surface area contributed by atoms with Crippen molar-refractivity contribution in [2.24, 2.45) is 0 Å². The van der Waals surface area contributed by atoms with Gasteiger partial charge in [0.05, 0.1) is 17.2 Å². The number of nitro groups is 1. The van der Waals surface area contributed by atoms with Gasteiger partial charge in [-0.25, -0.2) is 0 Å². The number of nitrogens with zero attached hydrogens (tertiary/aromatic N) is 2. The molecule has 0 aliphatic carbocycles. The highest BCUT2D eigenvalue weighted by Gasteiger charge is 2.17. The molecule has 2 rings (SSSR count). The molecule has 0 saturated heterocycles. The van der Waals surface area contributed by atoms with Crippen LogP contribution in [0.1, 0.15) is 6.42 Å². The topological polar surface area (TPSA) is 55.6 Å². The predicted octanol–water partition coefficient (Wildman–Crippen LogP) is 1.81. The van der Waals surface area contributed by atoms with Crippen molar-refractivity contribution in [1.29, 1.82) is 0 Å². The highest BCUT2D eigenvalue weighted by molar-refractivity contribution is 5.63. The SMILES string of the molecule is CN1CCCOc2ccc([N+](=O)[O-])cc21. The van der Waals surface area contributed by atoms with E-state index in [1.54, 1.807) is 12.1 Å². The number of rotatable bonds is 1. The normalized spacial score (nSPS) is 15.1. The third-order valence-corrected chi connectivity index (χ3v) is 2.46. The van der Waals surface area contributed by atoms with Crippen molar-refractivity contribution in [3.63, 3.8) is 0 Å². The van der Waals surface area contributed by atoms with E-state index in [2.05, 4.69) is 0 Å². The third-order valence-electron chi connectivity index (χ3n) is 2.46.